The Morgan fingerprint density at radius 1 is 0.750 bits per heavy atom. The molecule has 4 saturated heterocycles. The summed E-state index contributed by atoms with van der Waals surface area (Å²) in [5, 5.41) is 4.38. The smallest absolute Gasteiger partial charge is 0.121 e. The first kappa shape index (κ1) is 20.1. The maximum absolute atomic E-state index is 6.50. The highest BCUT2D eigenvalue weighted by Gasteiger charge is 2.47. The van der Waals surface area contributed by atoms with Crippen LogP contribution in [-0.4, -0.2) is 56.6 Å². The van der Waals surface area contributed by atoms with Crippen LogP contribution in [-0.2, 0) is 14.2 Å². The van der Waals surface area contributed by atoms with Crippen molar-refractivity contribution >= 4 is 11.9 Å². The largest absolute Gasteiger partial charge is 0.376 e. The third kappa shape index (κ3) is 4.57. The first-order valence-corrected chi connectivity index (χ1v) is 12.7. The number of rotatable bonds is 0. The summed E-state index contributed by atoms with van der Waals surface area (Å²) in [4.78, 5) is 0. The lowest BCUT2D eigenvalue weighted by molar-refractivity contribution is -0.0528. The minimum Gasteiger partial charge on any atom is -0.376 e. The molecule has 0 amide bonds. The molecule has 6 atom stereocenters. The summed E-state index contributed by atoms with van der Waals surface area (Å²) >= 11 is 1.92. The van der Waals surface area contributed by atoms with E-state index in [4.69, 9.17) is 14.2 Å². The van der Waals surface area contributed by atoms with Crippen molar-refractivity contribution in [3.63, 3.8) is 0 Å². The molecular formula is C22H38N2O3S. The number of fused-ring (bicyclic) bond motifs is 7. The average molecular weight is 411 g/mol. The van der Waals surface area contributed by atoms with Gasteiger partial charge in [-0.3, -0.25) is 0 Å². The highest BCUT2D eigenvalue weighted by atomic mass is 32.2. The van der Waals surface area contributed by atoms with Crippen LogP contribution in [0.3, 0.4) is 0 Å². The summed E-state index contributed by atoms with van der Waals surface area (Å²) < 4.78 is 22.5. The first-order valence-electron chi connectivity index (χ1n) is 11.8. The number of piperidine rings is 1. The Labute approximate surface area is 174 Å². The van der Waals surface area contributed by atoms with Crippen LogP contribution in [0.25, 0.3) is 0 Å². The standard InChI is InChI=1S/C22H38N2O3S/c1-2-15-8-9-27-22-21-19(13-23-14-20(21)28-24-22)16-4-6-17(7-5-16)25-10-11-26-18(3-1)12-15/h15-24H,1-14H2. The van der Waals surface area contributed by atoms with Crippen LogP contribution < -0.4 is 10.0 Å². The Bertz CT molecular complexity index is 502. The van der Waals surface area contributed by atoms with Crippen LogP contribution in [0, 0.1) is 23.7 Å². The molecule has 2 saturated carbocycles. The van der Waals surface area contributed by atoms with E-state index >= 15 is 0 Å². The predicted octanol–water partition coefficient (Wildman–Crippen LogP) is 3.34. The van der Waals surface area contributed by atoms with Gasteiger partial charge in [0.05, 0.1) is 25.4 Å². The second-order valence-corrected chi connectivity index (χ2v) is 10.8. The van der Waals surface area contributed by atoms with Crippen molar-refractivity contribution in [2.75, 3.05) is 32.9 Å². The summed E-state index contributed by atoms with van der Waals surface area (Å²) in [5.74, 6) is 2.98. The van der Waals surface area contributed by atoms with E-state index in [0.29, 0.717) is 23.4 Å². The Kier molecular flexibility index (Phi) is 6.83. The van der Waals surface area contributed by atoms with E-state index in [9.17, 15) is 0 Å². The molecule has 6 unspecified atom stereocenters. The third-order valence-electron chi connectivity index (χ3n) is 8.01. The molecular weight excluding hydrogens is 372 g/mol. The monoisotopic (exact) mass is 410 g/mol. The molecule has 4 aliphatic heterocycles. The lowest BCUT2D eigenvalue weighted by Crippen LogP contribution is -2.51. The zero-order chi connectivity index (χ0) is 18.8. The molecule has 0 aromatic rings. The van der Waals surface area contributed by atoms with E-state index < -0.39 is 0 Å². The Morgan fingerprint density at radius 3 is 2.50 bits per heavy atom. The van der Waals surface area contributed by atoms with E-state index in [0.717, 1.165) is 50.7 Å². The molecule has 6 heteroatoms. The van der Waals surface area contributed by atoms with Crippen LogP contribution in [0.1, 0.15) is 57.8 Å². The molecule has 160 valence electrons. The quantitative estimate of drug-likeness (QED) is 0.598. The van der Waals surface area contributed by atoms with E-state index in [1.165, 1.54) is 57.8 Å². The van der Waals surface area contributed by atoms with E-state index in [1.807, 2.05) is 11.9 Å². The summed E-state index contributed by atoms with van der Waals surface area (Å²) in [6.07, 6.45) is 12.4. The van der Waals surface area contributed by atoms with Gasteiger partial charge in [-0.1, -0.05) is 24.8 Å². The molecule has 0 aromatic heterocycles. The van der Waals surface area contributed by atoms with Gasteiger partial charge in [0.1, 0.15) is 6.23 Å². The first-order chi connectivity index (χ1) is 13.9. The lowest BCUT2D eigenvalue weighted by atomic mass is 9.70. The molecule has 6 rings (SSSR count). The molecule has 0 radical (unpaired) electrons. The van der Waals surface area contributed by atoms with Gasteiger partial charge in [0, 0.05) is 24.3 Å². The second kappa shape index (κ2) is 9.52. The molecule has 5 nitrogen and oxygen atoms in total. The second-order valence-electron chi connectivity index (χ2n) is 9.69. The molecule has 0 spiro atoms. The minimum atomic E-state index is 0.238. The fraction of sp³-hybridized carbons (Fsp3) is 1.00. The summed E-state index contributed by atoms with van der Waals surface area (Å²) in [6, 6.07) is 0. The number of ether oxygens (including phenoxy) is 3. The fourth-order valence-corrected chi connectivity index (χ4v) is 7.71. The van der Waals surface area contributed by atoms with Gasteiger partial charge in [-0.05, 0) is 69.2 Å². The highest BCUT2D eigenvalue weighted by Crippen LogP contribution is 2.44. The van der Waals surface area contributed by atoms with Crippen molar-refractivity contribution in [2.45, 2.75) is 81.5 Å². The predicted molar refractivity (Wildman–Crippen MR) is 112 cm³/mol. The number of nitrogens with one attached hydrogen (secondary N) is 2. The SMILES string of the molecule is C1CC2CCOC3NSC4CNCC(C5CCC(CC5)OCCOC(C1)C2)C34. The summed E-state index contributed by atoms with van der Waals surface area (Å²) in [5.41, 5.74) is 0. The average Bonchev–Trinajstić information content (AvgIpc) is 3.15. The highest BCUT2D eigenvalue weighted by molar-refractivity contribution is 7.98. The molecule has 2 aliphatic carbocycles. The number of hydrogen-bond donors (Lipinski definition) is 2. The maximum Gasteiger partial charge on any atom is 0.121 e. The molecule has 6 aliphatic rings. The summed E-state index contributed by atoms with van der Waals surface area (Å²) in [7, 11) is 0. The van der Waals surface area contributed by atoms with Crippen molar-refractivity contribution in [2.24, 2.45) is 23.7 Å². The Balaban J connectivity index is 1.28. The van der Waals surface area contributed by atoms with E-state index in [1.54, 1.807) is 0 Å². The molecule has 0 aromatic carbocycles. The molecule has 28 heavy (non-hydrogen) atoms. The third-order valence-corrected chi connectivity index (χ3v) is 9.16. The van der Waals surface area contributed by atoms with Crippen molar-refractivity contribution in [3.8, 4) is 0 Å². The van der Waals surface area contributed by atoms with Gasteiger partial charge in [0.2, 0.25) is 0 Å². The van der Waals surface area contributed by atoms with Crippen LogP contribution >= 0.6 is 11.9 Å². The van der Waals surface area contributed by atoms with Crippen molar-refractivity contribution in [3.05, 3.63) is 0 Å². The summed E-state index contributed by atoms with van der Waals surface area (Å²) in [6.45, 7) is 4.73. The minimum absolute atomic E-state index is 0.238. The van der Waals surface area contributed by atoms with Gasteiger partial charge in [-0.15, -0.1) is 0 Å². The normalized spacial score (nSPS) is 48.0. The van der Waals surface area contributed by atoms with Gasteiger partial charge in [-0.25, -0.2) is 4.72 Å². The zero-order valence-electron chi connectivity index (χ0n) is 17.2. The molecule has 6 fully saturated rings. The van der Waals surface area contributed by atoms with Crippen LogP contribution in [0.5, 0.6) is 0 Å². The van der Waals surface area contributed by atoms with E-state index in [2.05, 4.69) is 10.0 Å². The van der Waals surface area contributed by atoms with Crippen molar-refractivity contribution in [1.82, 2.24) is 10.0 Å². The van der Waals surface area contributed by atoms with Crippen LogP contribution in [0.15, 0.2) is 0 Å². The lowest BCUT2D eigenvalue weighted by Gasteiger charge is -2.42. The fourth-order valence-electron chi connectivity index (χ4n) is 6.47. The van der Waals surface area contributed by atoms with Crippen LogP contribution in [0.4, 0.5) is 0 Å². The Hall–Kier alpha value is 0.150. The molecule has 4 heterocycles. The van der Waals surface area contributed by atoms with Gasteiger partial charge < -0.3 is 19.5 Å². The van der Waals surface area contributed by atoms with Crippen molar-refractivity contribution < 1.29 is 14.2 Å². The Morgan fingerprint density at radius 2 is 1.61 bits per heavy atom. The van der Waals surface area contributed by atoms with Gasteiger partial charge in [0.25, 0.3) is 0 Å². The van der Waals surface area contributed by atoms with Crippen molar-refractivity contribution in [1.29, 1.82) is 0 Å². The van der Waals surface area contributed by atoms with Gasteiger partial charge in [0.15, 0.2) is 0 Å². The van der Waals surface area contributed by atoms with Gasteiger partial charge in [-0.2, -0.15) is 0 Å². The molecule has 2 N–H and O–H groups in total. The van der Waals surface area contributed by atoms with Gasteiger partial charge >= 0.3 is 0 Å². The molecule has 4 bridgehead atoms. The zero-order valence-corrected chi connectivity index (χ0v) is 18.0. The van der Waals surface area contributed by atoms with E-state index in [-0.39, 0.29) is 6.23 Å². The van der Waals surface area contributed by atoms with Crippen LogP contribution in [0.2, 0.25) is 0 Å². The topological polar surface area (TPSA) is 51.8 Å². The maximum atomic E-state index is 6.50. The number of hydrogen-bond acceptors (Lipinski definition) is 6.